The van der Waals surface area contributed by atoms with E-state index in [-0.39, 0.29) is 4.90 Å². The third-order valence-electron chi connectivity index (χ3n) is 2.53. The van der Waals surface area contributed by atoms with Crippen LogP contribution >= 0.6 is 11.3 Å². The highest BCUT2D eigenvalue weighted by molar-refractivity contribution is 7.89. The first-order valence-electron chi connectivity index (χ1n) is 5.50. The molecular weight excluding hydrogens is 270 g/mol. The first-order valence-corrected chi connectivity index (χ1v) is 7.92. The number of hydrogen-bond donors (Lipinski definition) is 3. The first-order chi connectivity index (χ1) is 8.62. The van der Waals surface area contributed by atoms with E-state index in [1.54, 1.807) is 17.4 Å². The van der Waals surface area contributed by atoms with Gasteiger partial charge in [0.2, 0.25) is 10.0 Å². The van der Waals surface area contributed by atoms with E-state index in [9.17, 15) is 8.42 Å². The van der Waals surface area contributed by atoms with E-state index in [2.05, 4.69) is 9.71 Å². The van der Waals surface area contributed by atoms with Crippen molar-refractivity contribution in [1.29, 1.82) is 0 Å². The fourth-order valence-corrected chi connectivity index (χ4v) is 3.29. The number of hydrogen-bond acceptors (Lipinski definition) is 4. The van der Waals surface area contributed by atoms with Crippen molar-refractivity contribution in [2.75, 3.05) is 6.54 Å². The minimum atomic E-state index is -3.44. The molecule has 0 fully saturated rings. The Balaban J connectivity index is 1.95. The van der Waals surface area contributed by atoms with Crippen LogP contribution in [0, 0.1) is 0 Å². The van der Waals surface area contributed by atoms with Crippen molar-refractivity contribution in [3.8, 4) is 0 Å². The second-order valence-electron chi connectivity index (χ2n) is 3.84. The van der Waals surface area contributed by atoms with E-state index < -0.39 is 10.0 Å². The van der Waals surface area contributed by atoms with Gasteiger partial charge in [0.15, 0.2) is 0 Å². The summed E-state index contributed by atoms with van der Waals surface area (Å²) in [5.41, 5.74) is 7.27. The van der Waals surface area contributed by atoms with Crippen molar-refractivity contribution in [2.45, 2.75) is 17.9 Å². The quantitative estimate of drug-likeness (QED) is 0.741. The zero-order valence-corrected chi connectivity index (χ0v) is 11.4. The minimum absolute atomic E-state index is 0.230. The zero-order chi connectivity index (χ0) is 13.0. The standard InChI is InChI=1S/C11H15N3O2S2/c12-6-10-5-11(7-13-10)18(15,16)14-3-1-9-2-4-17-8-9/h2,4-5,7-8,13-14H,1,3,6,12H2. The maximum atomic E-state index is 11.9. The highest BCUT2D eigenvalue weighted by atomic mass is 32.2. The Morgan fingerprint density at radius 2 is 2.28 bits per heavy atom. The van der Waals surface area contributed by atoms with Crippen molar-refractivity contribution in [1.82, 2.24) is 9.71 Å². The van der Waals surface area contributed by atoms with Gasteiger partial charge < -0.3 is 10.7 Å². The molecule has 2 rings (SSSR count). The SMILES string of the molecule is NCc1cc(S(=O)(=O)NCCc2ccsc2)c[nH]1. The largest absolute Gasteiger partial charge is 0.363 e. The van der Waals surface area contributed by atoms with Crippen LogP contribution in [0.3, 0.4) is 0 Å². The van der Waals surface area contributed by atoms with Gasteiger partial charge in [0.25, 0.3) is 0 Å². The lowest BCUT2D eigenvalue weighted by Gasteiger charge is -2.03. The molecule has 0 amide bonds. The Labute approximate surface area is 110 Å². The summed E-state index contributed by atoms with van der Waals surface area (Å²) in [7, 11) is -3.44. The molecular formula is C11H15N3O2S2. The van der Waals surface area contributed by atoms with E-state index in [4.69, 9.17) is 5.73 Å². The molecule has 0 bridgehead atoms. The zero-order valence-electron chi connectivity index (χ0n) is 9.72. The van der Waals surface area contributed by atoms with E-state index in [1.165, 1.54) is 6.20 Å². The third kappa shape index (κ3) is 3.20. The maximum Gasteiger partial charge on any atom is 0.242 e. The highest BCUT2D eigenvalue weighted by Gasteiger charge is 2.14. The number of nitrogens with two attached hydrogens (primary N) is 1. The lowest BCUT2D eigenvalue weighted by atomic mass is 10.2. The lowest BCUT2D eigenvalue weighted by Crippen LogP contribution is -2.25. The van der Waals surface area contributed by atoms with Crippen LogP contribution in [0.4, 0.5) is 0 Å². The molecule has 0 aliphatic carbocycles. The molecule has 7 heteroatoms. The number of aromatic amines is 1. The first kappa shape index (κ1) is 13.3. The molecule has 2 aromatic rings. The van der Waals surface area contributed by atoms with E-state index in [1.807, 2.05) is 16.8 Å². The van der Waals surface area contributed by atoms with Crippen LogP contribution in [0.5, 0.6) is 0 Å². The van der Waals surface area contributed by atoms with Crippen LogP contribution in [0.2, 0.25) is 0 Å². The van der Waals surface area contributed by atoms with Crippen LogP contribution in [0.25, 0.3) is 0 Å². The number of H-pyrrole nitrogens is 1. The topological polar surface area (TPSA) is 88.0 Å². The minimum Gasteiger partial charge on any atom is -0.363 e. The summed E-state index contributed by atoms with van der Waals surface area (Å²) in [4.78, 5) is 3.05. The second-order valence-corrected chi connectivity index (χ2v) is 6.39. The molecule has 0 aliphatic heterocycles. The summed E-state index contributed by atoms with van der Waals surface area (Å²) in [5, 5.41) is 3.99. The molecule has 0 radical (unpaired) electrons. The smallest absolute Gasteiger partial charge is 0.242 e. The van der Waals surface area contributed by atoms with Gasteiger partial charge >= 0.3 is 0 Å². The molecule has 98 valence electrons. The number of nitrogens with one attached hydrogen (secondary N) is 2. The van der Waals surface area contributed by atoms with Crippen LogP contribution in [-0.2, 0) is 23.0 Å². The Kier molecular flexibility index (Phi) is 4.18. The van der Waals surface area contributed by atoms with Gasteiger partial charge in [-0.2, -0.15) is 11.3 Å². The van der Waals surface area contributed by atoms with Crippen molar-refractivity contribution in [3.05, 3.63) is 40.3 Å². The van der Waals surface area contributed by atoms with Gasteiger partial charge in [-0.1, -0.05) is 0 Å². The average molecular weight is 285 g/mol. The summed E-state index contributed by atoms with van der Waals surface area (Å²) in [6.45, 7) is 0.687. The van der Waals surface area contributed by atoms with Crippen LogP contribution in [-0.4, -0.2) is 19.9 Å². The van der Waals surface area contributed by atoms with Crippen molar-refractivity contribution >= 4 is 21.4 Å². The van der Waals surface area contributed by atoms with E-state index >= 15 is 0 Å². The van der Waals surface area contributed by atoms with Gasteiger partial charge in [-0.05, 0) is 34.9 Å². The highest BCUT2D eigenvalue weighted by Crippen LogP contribution is 2.11. The Morgan fingerprint density at radius 3 is 2.89 bits per heavy atom. The van der Waals surface area contributed by atoms with Gasteiger partial charge in [0.1, 0.15) is 0 Å². The molecule has 18 heavy (non-hydrogen) atoms. The van der Waals surface area contributed by atoms with Crippen LogP contribution < -0.4 is 10.5 Å². The lowest BCUT2D eigenvalue weighted by molar-refractivity contribution is 0.582. The molecule has 0 saturated carbocycles. The average Bonchev–Trinajstić information content (AvgIpc) is 2.99. The third-order valence-corrected chi connectivity index (χ3v) is 4.70. The van der Waals surface area contributed by atoms with E-state index in [0.717, 1.165) is 5.56 Å². The predicted molar refractivity (Wildman–Crippen MR) is 71.9 cm³/mol. The summed E-state index contributed by atoms with van der Waals surface area (Å²) < 4.78 is 26.4. The van der Waals surface area contributed by atoms with Gasteiger partial charge in [0, 0.05) is 25.0 Å². The summed E-state index contributed by atoms with van der Waals surface area (Å²) in [6.07, 6.45) is 2.14. The molecule has 0 unspecified atom stereocenters. The molecule has 0 spiro atoms. The Hall–Kier alpha value is -1.15. The number of rotatable bonds is 6. The molecule has 0 aromatic carbocycles. The molecule has 5 nitrogen and oxygen atoms in total. The van der Waals surface area contributed by atoms with Gasteiger partial charge in [-0.25, -0.2) is 13.1 Å². The van der Waals surface area contributed by atoms with Gasteiger partial charge in [-0.3, -0.25) is 0 Å². The fourth-order valence-electron chi connectivity index (χ4n) is 1.54. The van der Waals surface area contributed by atoms with Gasteiger partial charge in [-0.15, -0.1) is 0 Å². The van der Waals surface area contributed by atoms with Gasteiger partial charge in [0.05, 0.1) is 4.90 Å². The van der Waals surface area contributed by atoms with E-state index in [0.29, 0.717) is 25.2 Å². The summed E-state index contributed by atoms with van der Waals surface area (Å²) in [5.74, 6) is 0. The molecule has 0 aliphatic rings. The number of thiophene rings is 1. The monoisotopic (exact) mass is 285 g/mol. The number of aromatic nitrogens is 1. The molecule has 0 atom stereocenters. The molecule has 4 N–H and O–H groups in total. The molecule has 2 heterocycles. The second kappa shape index (κ2) is 5.66. The van der Waals surface area contributed by atoms with Crippen LogP contribution in [0.1, 0.15) is 11.3 Å². The Morgan fingerprint density at radius 1 is 1.44 bits per heavy atom. The Bertz CT molecular complexity index is 588. The number of sulfonamides is 1. The fraction of sp³-hybridized carbons (Fsp3) is 0.273. The predicted octanol–water partition coefficient (Wildman–Crippen LogP) is 1.06. The molecule has 2 aromatic heterocycles. The van der Waals surface area contributed by atoms with Crippen LogP contribution in [0.15, 0.2) is 34.0 Å². The summed E-state index contributed by atoms with van der Waals surface area (Å²) >= 11 is 1.60. The summed E-state index contributed by atoms with van der Waals surface area (Å²) in [6, 6.07) is 3.54. The normalized spacial score (nSPS) is 11.8. The van der Waals surface area contributed by atoms with Crippen molar-refractivity contribution < 1.29 is 8.42 Å². The van der Waals surface area contributed by atoms with Crippen molar-refractivity contribution in [2.24, 2.45) is 5.73 Å². The van der Waals surface area contributed by atoms with Crippen molar-refractivity contribution in [3.63, 3.8) is 0 Å². The maximum absolute atomic E-state index is 11.9. The molecule has 0 saturated heterocycles.